The number of nitrogens with one attached hydrogen (secondary N) is 1. The van der Waals surface area contributed by atoms with Crippen molar-refractivity contribution in [1.29, 1.82) is 0 Å². The Bertz CT molecular complexity index is 696. The average Bonchev–Trinajstić information content (AvgIpc) is 2.52. The van der Waals surface area contributed by atoms with Gasteiger partial charge in [-0.25, -0.2) is 0 Å². The number of aromatic hydroxyl groups is 1. The van der Waals surface area contributed by atoms with Gasteiger partial charge in [-0.2, -0.15) is 13.2 Å². The second-order valence-electron chi connectivity index (χ2n) is 5.67. The molecule has 0 aliphatic heterocycles. The van der Waals surface area contributed by atoms with E-state index in [2.05, 4.69) is 5.32 Å². The van der Waals surface area contributed by atoms with E-state index in [4.69, 9.17) is 0 Å². The molecule has 2 N–H and O–H groups in total. The highest BCUT2D eigenvalue weighted by Crippen LogP contribution is 2.29. The van der Waals surface area contributed by atoms with Gasteiger partial charge in [0.1, 0.15) is 5.75 Å². The lowest BCUT2D eigenvalue weighted by Crippen LogP contribution is -2.24. The van der Waals surface area contributed by atoms with Crippen molar-refractivity contribution in [2.75, 3.05) is 0 Å². The third-order valence-corrected chi connectivity index (χ3v) is 3.70. The number of phenolic OH excluding ortho intramolecular Hbond substituents is 1. The first kappa shape index (κ1) is 17.8. The lowest BCUT2D eigenvalue weighted by atomic mass is 9.97. The third kappa shape index (κ3) is 5.01. The SMILES string of the molecule is CC(CC(=O)NCc1ccc(C(F)(F)F)cc1)c1cccc(O)c1. The molecule has 3 nitrogen and oxygen atoms in total. The molecule has 1 atom stereocenters. The maximum absolute atomic E-state index is 12.5. The minimum Gasteiger partial charge on any atom is -0.508 e. The van der Waals surface area contributed by atoms with Gasteiger partial charge in [0.05, 0.1) is 5.56 Å². The summed E-state index contributed by atoms with van der Waals surface area (Å²) in [6.45, 7) is 2.04. The molecule has 0 spiro atoms. The smallest absolute Gasteiger partial charge is 0.416 e. The molecule has 0 saturated heterocycles. The zero-order valence-corrected chi connectivity index (χ0v) is 13.1. The number of hydrogen-bond acceptors (Lipinski definition) is 2. The molecule has 1 amide bonds. The van der Waals surface area contributed by atoms with Gasteiger partial charge in [-0.05, 0) is 41.3 Å². The van der Waals surface area contributed by atoms with Crippen LogP contribution in [-0.2, 0) is 17.5 Å². The lowest BCUT2D eigenvalue weighted by molar-refractivity contribution is -0.137. The van der Waals surface area contributed by atoms with Crippen LogP contribution in [0.4, 0.5) is 13.2 Å². The first-order valence-electron chi connectivity index (χ1n) is 7.47. The molecule has 2 rings (SSSR count). The zero-order valence-electron chi connectivity index (χ0n) is 13.1. The van der Waals surface area contributed by atoms with Crippen molar-refractivity contribution in [2.45, 2.75) is 32.0 Å². The molecule has 0 aliphatic carbocycles. The summed E-state index contributed by atoms with van der Waals surface area (Å²) in [5, 5.41) is 12.1. The molecule has 6 heteroatoms. The van der Waals surface area contributed by atoms with Crippen LogP contribution in [0.5, 0.6) is 5.75 Å². The van der Waals surface area contributed by atoms with Gasteiger partial charge in [0.25, 0.3) is 0 Å². The van der Waals surface area contributed by atoms with Gasteiger partial charge < -0.3 is 10.4 Å². The van der Waals surface area contributed by atoms with E-state index in [9.17, 15) is 23.1 Å². The van der Waals surface area contributed by atoms with E-state index in [-0.39, 0.29) is 30.5 Å². The van der Waals surface area contributed by atoms with Crippen LogP contribution in [0.15, 0.2) is 48.5 Å². The van der Waals surface area contributed by atoms with Crippen LogP contribution in [0.1, 0.15) is 36.0 Å². The number of alkyl halides is 3. The lowest BCUT2D eigenvalue weighted by Gasteiger charge is -2.13. The number of phenols is 1. The fourth-order valence-corrected chi connectivity index (χ4v) is 2.31. The Balaban J connectivity index is 1.87. The topological polar surface area (TPSA) is 49.3 Å². The molecule has 24 heavy (non-hydrogen) atoms. The molecule has 1 unspecified atom stereocenters. The van der Waals surface area contributed by atoms with Crippen LogP contribution in [0.3, 0.4) is 0 Å². The van der Waals surface area contributed by atoms with Crippen molar-refractivity contribution in [2.24, 2.45) is 0 Å². The van der Waals surface area contributed by atoms with E-state index in [1.165, 1.54) is 12.1 Å². The molecular weight excluding hydrogens is 319 g/mol. The van der Waals surface area contributed by atoms with Gasteiger partial charge in [-0.3, -0.25) is 4.79 Å². The molecule has 0 aromatic heterocycles. The normalized spacial score (nSPS) is 12.7. The number of carbonyl (C=O) groups excluding carboxylic acids is 1. The minimum absolute atomic E-state index is 0.0790. The standard InChI is InChI=1S/C18H18F3NO2/c1-12(14-3-2-4-16(23)10-14)9-17(24)22-11-13-5-7-15(8-6-13)18(19,20)21/h2-8,10,12,23H,9,11H2,1H3,(H,22,24). The van der Waals surface area contributed by atoms with Crippen LogP contribution >= 0.6 is 0 Å². The number of amides is 1. The molecule has 0 heterocycles. The highest BCUT2D eigenvalue weighted by Gasteiger charge is 2.29. The Morgan fingerprint density at radius 2 is 1.83 bits per heavy atom. The predicted octanol–water partition coefficient (Wildman–Crippen LogP) is 4.22. The summed E-state index contributed by atoms with van der Waals surface area (Å²) in [4.78, 5) is 12.0. The summed E-state index contributed by atoms with van der Waals surface area (Å²) in [5.41, 5.74) is 0.733. The van der Waals surface area contributed by atoms with Gasteiger partial charge in [-0.1, -0.05) is 31.2 Å². The maximum atomic E-state index is 12.5. The maximum Gasteiger partial charge on any atom is 0.416 e. The Morgan fingerprint density at radius 3 is 2.42 bits per heavy atom. The Kier molecular flexibility index (Phi) is 5.49. The van der Waals surface area contributed by atoms with Crippen LogP contribution < -0.4 is 5.32 Å². The molecule has 0 radical (unpaired) electrons. The Labute approximate surface area is 138 Å². The van der Waals surface area contributed by atoms with Crippen LogP contribution in [0.25, 0.3) is 0 Å². The summed E-state index contributed by atoms with van der Waals surface area (Å²) in [7, 11) is 0. The van der Waals surface area contributed by atoms with E-state index >= 15 is 0 Å². The van der Waals surface area contributed by atoms with Crippen LogP contribution in [-0.4, -0.2) is 11.0 Å². The van der Waals surface area contributed by atoms with Crippen molar-refractivity contribution in [3.8, 4) is 5.75 Å². The molecule has 2 aromatic carbocycles. The predicted molar refractivity (Wildman–Crippen MR) is 84.4 cm³/mol. The van der Waals surface area contributed by atoms with Crippen molar-refractivity contribution in [1.82, 2.24) is 5.32 Å². The van der Waals surface area contributed by atoms with Gasteiger partial charge in [-0.15, -0.1) is 0 Å². The molecule has 0 fully saturated rings. The van der Waals surface area contributed by atoms with Crippen molar-refractivity contribution in [3.63, 3.8) is 0 Å². The fraction of sp³-hybridized carbons (Fsp3) is 0.278. The highest BCUT2D eigenvalue weighted by atomic mass is 19.4. The van der Waals surface area contributed by atoms with E-state index < -0.39 is 11.7 Å². The summed E-state index contributed by atoms with van der Waals surface area (Å²) < 4.78 is 37.4. The minimum atomic E-state index is -4.36. The summed E-state index contributed by atoms with van der Waals surface area (Å²) in [6, 6.07) is 11.4. The number of halogens is 3. The number of rotatable bonds is 5. The number of hydrogen-bond donors (Lipinski definition) is 2. The monoisotopic (exact) mass is 337 g/mol. The zero-order chi connectivity index (χ0) is 17.7. The second-order valence-corrected chi connectivity index (χ2v) is 5.67. The average molecular weight is 337 g/mol. The van der Waals surface area contributed by atoms with Crippen LogP contribution in [0, 0.1) is 0 Å². The molecule has 0 bridgehead atoms. The van der Waals surface area contributed by atoms with E-state index in [0.29, 0.717) is 5.56 Å². The van der Waals surface area contributed by atoms with E-state index in [1.807, 2.05) is 13.0 Å². The largest absolute Gasteiger partial charge is 0.508 e. The summed E-state index contributed by atoms with van der Waals surface area (Å²) in [6.07, 6.45) is -4.14. The fourth-order valence-electron chi connectivity index (χ4n) is 2.31. The van der Waals surface area contributed by atoms with E-state index in [1.54, 1.807) is 18.2 Å². The van der Waals surface area contributed by atoms with Crippen molar-refractivity contribution in [3.05, 3.63) is 65.2 Å². The Hall–Kier alpha value is -2.50. The highest BCUT2D eigenvalue weighted by molar-refractivity contribution is 5.76. The molecular formula is C18H18F3NO2. The summed E-state index contributed by atoms with van der Waals surface area (Å²) in [5.74, 6) is -0.139. The van der Waals surface area contributed by atoms with Gasteiger partial charge in [0.15, 0.2) is 0 Å². The molecule has 2 aromatic rings. The van der Waals surface area contributed by atoms with Gasteiger partial charge in [0.2, 0.25) is 5.91 Å². The molecule has 0 saturated carbocycles. The van der Waals surface area contributed by atoms with Gasteiger partial charge in [0, 0.05) is 13.0 Å². The Morgan fingerprint density at radius 1 is 1.17 bits per heavy atom. The van der Waals surface area contributed by atoms with Crippen molar-refractivity contribution >= 4 is 5.91 Å². The third-order valence-electron chi connectivity index (χ3n) is 3.70. The number of carbonyl (C=O) groups is 1. The summed E-state index contributed by atoms with van der Waals surface area (Å²) >= 11 is 0. The number of benzene rings is 2. The molecule has 0 aliphatic rings. The molecule has 128 valence electrons. The second kappa shape index (κ2) is 7.38. The first-order valence-corrected chi connectivity index (χ1v) is 7.47. The van der Waals surface area contributed by atoms with E-state index in [0.717, 1.165) is 17.7 Å². The van der Waals surface area contributed by atoms with Crippen LogP contribution in [0.2, 0.25) is 0 Å². The van der Waals surface area contributed by atoms with Crippen molar-refractivity contribution < 1.29 is 23.1 Å². The van der Waals surface area contributed by atoms with Gasteiger partial charge >= 0.3 is 6.18 Å². The quantitative estimate of drug-likeness (QED) is 0.858. The first-order chi connectivity index (χ1) is 11.3.